The summed E-state index contributed by atoms with van der Waals surface area (Å²) in [7, 11) is -3.57. The summed E-state index contributed by atoms with van der Waals surface area (Å²) >= 11 is 0. The Morgan fingerprint density at radius 3 is 2.33 bits per heavy atom. The van der Waals surface area contributed by atoms with Crippen LogP contribution in [-0.4, -0.2) is 56.5 Å². The third-order valence-corrected chi connectivity index (χ3v) is 7.76. The normalized spacial score (nSPS) is 17.7. The van der Waals surface area contributed by atoms with Crippen molar-refractivity contribution in [3.63, 3.8) is 0 Å². The minimum Gasteiger partial charge on any atom is -0.454 e. The van der Waals surface area contributed by atoms with Crippen molar-refractivity contribution in [1.29, 1.82) is 0 Å². The molecule has 0 spiro atoms. The van der Waals surface area contributed by atoms with E-state index < -0.39 is 10.0 Å². The largest absolute Gasteiger partial charge is 0.454 e. The van der Waals surface area contributed by atoms with Crippen LogP contribution in [0, 0.1) is 0 Å². The smallest absolute Gasteiger partial charge is 0.254 e. The van der Waals surface area contributed by atoms with Crippen LogP contribution < -0.4 is 9.47 Å². The van der Waals surface area contributed by atoms with Crippen LogP contribution >= 0.6 is 0 Å². The molecule has 160 valence electrons. The van der Waals surface area contributed by atoms with Gasteiger partial charge in [0.2, 0.25) is 16.8 Å². The molecule has 0 aliphatic carbocycles. The van der Waals surface area contributed by atoms with Crippen LogP contribution in [0.25, 0.3) is 0 Å². The van der Waals surface area contributed by atoms with Gasteiger partial charge in [-0.2, -0.15) is 4.31 Å². The first kappa shape index (κ1) is 20.7. The molecular weight excluding hydrogens is 404 g/mol. The Morgan fingerprint density at radius 1 is 1.00 bits per heavy atom. The number of hydrogen-bond donors (Lipinski definition) is 0. The van der Waals surface area contributed by atoms with E-state index in [0.29, 0.717) is 41.0 Å². The van der Waals surface area contributed by atoms with E-state index in [9.17, 15) is 13.2 Å². The number of benzene rings is 2. The second-order valence-electron chi connectivity index (χ2n) is 7.64. The Balaban J connectivity index is 1.41. The third kappa shape index (κ3) is 3.89. The number of rotatable bonds is 5. The van der Waals surface area contributed by atoms with E-state index in [0.717, 1.165) is 12.0 Å². The van der Waals surface area contributed by atoms with Crippen LogP contribution in [-0.2, 0) is 10.0 Å². The van der Waals surface area contributed by atoms with Crippen LogP contribution in [0.1, 0.15) is 42.1 Å². The average molecular weight is 431 g/mol. The molecule has 1 saturated heterocycles. The maximum atomic E-state index is 13.0. The van der Waals surface area contributed by atoms with Gasteiger partial charge in [0.15, 0.2) is 11.5 Å². The summed E-state index contributed by atoms with van der Waals surface area (Å²) < 4.78 is 38.1. The first-order chi connectivity index (χ1) is 14.4. The Labute approximate surface area is 177 Å². The second kappa shape index (κ2) is 8.28. The molecule has 1 amide bonds. The zero-order chi connectivity index (χ0) is 21.3. The van der Waals surface area contributed by atoms with Crippen molar-refractivity contribution in [2.24, 2.45) is 0 Å². The van der Waals surface area contributed by atoms with Crippen LogP contribution in [0.15, 0.2) is 47.4 Å². The van der Waals surface area contributed by atoms with Crippen molar-refractivity contribution >= 4 is 15.9 Å². The van der Waals surface area contributed by atoms with Gasteiger partial charge in [0, 0.05) is 31.7 Å². The highest BCUT2D eigenvalue weighted by molar-refractivity contribution is 7.89. The molecule has 7 nitrogen and oxygen atoms in total. The summed E-state index contributed by atoms with van der Waals surface area (Å²) in [4.78, 5) is 14.8. The number of piperazine rings is 1. The topological polar surface area (TPSA) is 76.2 Å². The number of sulfonamides is 1. The molecular formula is C22H26N2O5S. The first-order valence-electron chi connectivity index (χ1n) is 10.2. The fraction of sp³-hybridized carbons (Fsp3) is 0.409. The lowest BCUT2D eigenvalue weighted by atomic mass is 9.99. The Bertz CT molecular complexity index is 1030. The van der Waals surface area contributed by atoms with E-state index >= 15 is 0 Å². The molecule has 2 aliphatic rings. The van der Waals surface area contributed by atoms with Gasteiger partial charge in [0.25, 0.3) is 5.91 Å². The third-order valence-electron chi connectivity index (χ3n) is 5.84. The lowest BCUT2D eigenvalue weighted by Crippen LogP contribution is -2.50. The van der Waals surface area contributed by atoms with Crippen LogP contribution in [0.4, 0.5) is 0 Å². The number of carbonyl (C=O) groups is 1. The molecule has 2 aliphatic heterocycles. The minimum absolute atomic E-state index is 0.136. The highest BCUT2D eigenvalue weighted by Gasteiger charge is 2.31. The SMILES string of the molecule is CCC(C)c1ccc(S(=O)(=O)N2CCN(C(=O)c3ccc4c(c3)OCO4)CC2)cc1. The van der Waals surface area contributed by atoms with Gasteiger partial charge in [-0.15, -0.1) is 0 Å². The summed E-state index contributed by atoms with van der Waals surface area (Å²) in [5, 5.41) is 0. The Morgan fingerprint density at radius 2 is 1.67 bits per heavy atom. The van der Waals surface area contributed by atoms with Gasteiger partial charge in [-0.25, -0.2) is 8.42 Å². The monoisotopic (exact) mass is 430 g/mol. The highest BCUT2D eigenvalue weighted by Crippen LogP contribution is 2.33. The molecule has 0 aromatic heterocycles. The molecule has 30 heavy (non-hydrogen) atoms. The van der Waals surface area contributed by atoms with Crippen LogP contribution in [0.5, 0.6) is 11.5 Å². The molecule has 0 bridgehead atoms. The lowest BCUT2D eigenvalue weighted by Gasteiger charge is -2.34. The van der Waals surface area contributed by atoms with Gasteiger partial charge in [0.05, 0.1) is 4.90 Å². The summed E-state index contributed by atoms with van der Waals surface area (Å²) in [5.74, 6) is 1.44. The average Bonchev–Trinajstić information content (AvgIpc) is 3.26. The van der Waals surface area contributed by atoms with Crippen molar-refractivity contribution in [3.8, 4) is 11.5 Å². The molecule has 1 fully saturated rings. The zero-order valence-electron chi connectivity index (χ0n) is 17.2. The van der Waals surface area contributed by atoms with Crippen LogP contribution in [0.2, 0.25) is 0 Å². The molecule has 1 atom stereocenters. The van der Waals surface area contributed by atoms with Crippen LogP contribution in [0.3, 0.4) is 0 Å². The fourth-order valence-electron chi connectivity index (χ4n) is 3.70. The number of carbonyl (C=O) groups excluding carboxylic acids is 1. The maximum Gasteiger partial charge on any atom is 0.254 e. The molecule has 0 saturated carbocycles. The summed E-state index contributed by atoms with van der Waals surface area (Å²) in [6, 6.07) is 12.2. The maximum absolute atomic E-state index is 13.0. The summed E-state index contributed by atoms with van der Waals surface area (Å²) in [6.07, 6.45) is 1.01. The fourth-order valence-corrected chi connectivity index (χ4v) is 5.12. The van der Waals surface area contributed by atoms with Crippen molar-refractivity contribution < 1.29 is 22.7 Å². The molecule has 0 radical (unpaired) electrons. The molecule has 2 aromatic rings. The Kier molecular flexibility index (Phi) is 5.71. The van der Waals surface area contributed by atoms with E-state index in [1.165, 1.54) is 4.31 Å². The van der Waals surface area contributed by atoms with Crippen molar-refractivity contribution in [3.05, 3.63) is 53.6 Å². The van der Waals surface area contributed by atoms with Gasteiger partial charge < -0.3 is 14.4 Å². The predicted molar refractivity (Wildman–Crippen MR) is 112 cm³/mol. The van der Waals surface area contributed by atoms with Gasteiger partial charge in [-0.3, -0.25) is 4.79 Å². The number of nitrogens with zero attached hydrogens (tertiary/aromatic N) is 2. The summed E-state index contributed by atoms with van der Waals surface area (Å²) in [6.45, 7) is 5.62. The van der Waals surface area contributed by atoms with Gasteiger partial charge >= 0.3 is 0 Å². The number of fused-ring (bicyclic) bond motifs is 1. The first-order valence-corrected chi connectivity index (χ1v) is 11.6. The van der Waals surface area contributed by atoms with E-state index in [2.05, 4.69) is 13.8 Å². The molecule has 2 heterocycles. The van der Waals surface area contributed by atoms with Crippen molar-refractivity contribution in [2.75, 3.05) is 33.0 Å². The standard InChI is InChI=1S/C22H26N2O5S/c1-3-16(2)17-4-7-19(8-5-17)30(26,27)24-12-10-23(11-13-24)22(25)18-6-9-20-21(14-18)29-15-28-20/h4-9,14,16H,3,10-13,15H2,1-2H3. The van der Waals surface area contributed by atoms with E-state index in [-0.39, 0.29) is 25.8 Å². The number of hydrogen-bond acceptors (Lipinski definition) is 5. The molecule has 1 unspecified atom stereocenters. The zero-order valence-corrected chi connectivity index (χ0v) is 18.0. The molecule has 2 aromatic carbocycles. The van der Waals surface area contributed by atoms with Gasteiger partial charge in [-0.05, 0) is 48.2 Å². The molecule has 4 rings (SSSR count). The van der Waals surface area contributed by atoms with Gasteiger partial charge in [0.1, 0.15) is 0 Å². The van der Waals surface area contributed by atoms with E-state index in [1.54, 1.807) is 35.2 Å². The number of amides is 1. The van der Waals surface area contributed by atoms with E-state index in [1.807, 2.05) is 12.1 Å². The number of ether oxygens (including phenoxy) is 2. The van der Waals surface area contributed by atoms with Gasteiger partial charge in [-0.1, -0.05) is 26.0 Å². The summed E-state index contributed by atoms with van der Waals surface area (Å²) in [5.41, 5.74) is 1.65. The lowest BCUT2D eigenvalue weighted by molar-refractivity contribution is 0.0697. The molecule has 0 N–H and O–H groups in total. The van der Waals surface area contributed by atoms with Crippen molar-refractivity contribution in [2.45, 2.75) is 31.1 Å². The minimum atomic E-state index is -3.57. The van der Waals surface area contributed by atoms with E-state index in [4.69, 9.17) is 9.47 Å². The quantitative estimate of drug-likeness (QED) is 0.729. The van der Waals surface area contributed by atoms with Crippen molar-refractivity contribution in [1.82, 2.24) is 9.21 Å². The Hall–Kier alpha value is -2.58. The second-order valence-corrected chi connectivity index (χ2v) is 9.58. The molecule has 8 heteroatoms. The predicted octanol–water partition coefficient (Wildman–Crippen LogP) is 3.08. The highest BCUT2D eigenvalue weighted by atomic mass is 32.2.